The van der Waals surface area contributed by atoms with Crippen molar-refractivity contribution in [3.05, 3.63) is 69.2 Å². The lowest BCUT2D eigenvalue weighted by atomic mass is 9.64. The highest BCUT2D eigenvalue weighted by Crippen LogP contribution is 2.53. The molecule has 1 aliphatic heterocycles. The summed E-state index contributed by atoms with van der Waals surface area (Å²) in [5.74, 6) is -2.46. The molecule has 3 rings (SSSR count). The lowest BCUT2D eigenvalue weighted by molar-refractivity contribution is 0.119. The van der Waals surface area contributed by atoms with Crippen molar-refractivity contribution in [2.75, 3.05) is 6.54 Å². The van der Waals surface area contributed by atoms with E-state index in [0.29, 0.717) is 0 Å². The molecule has 1 fully saturated rings. The zero-order valence-corrected chi connectivity index (χ0v) is 18.8. The standard InChI is InChI=1S/C23H22Cl2F2N2O2/c1-22(2,3)10-19-23(12-28,15-8-7-13(24)9-18(15)26)16(11-29(19)21(30)31)14-5-4-6-17(25)20(14)27/h4-9,16,19H,10-11H2,1-3H3,(H,30,31). The molecule has 1 amide bonds. The molecule has 0 aromatic heterocycles. The number of rotatable bonds is 3. The lowest BCUT2D eigenvalue weighted by Crippen LogP contribution is -2.47. The third-order valence-electron chi connectivity index (χ3n) is 5.80. The molecule has 31 heavy (non-hydrogen) atoms. The molecule has 0 saturated carbocycles. The van der Waals surface area contributed by atoms with Gasteiger partial charge in [0.1, 0.15) is 17.0 Å². The molecule has 3 atom stereocenters. The predicted octanol–water partition coefficient (Wildman–Crippen LogP) is 6.62. The Morgan fingerprint density at radius 3 is 2.52 bits per heavy atom. The minimum Gasteiger partial charge on any atom is -0.465 e. The average Bonchev–Trinajstić information content (AvgIpc) is 2.97. The van der Waals surface area contributed by atoms with Gasteiger partial charge in [-0.25, -0.2) is 13.6 Å². The maximum absolute atomic E-state index is 15.2. The van der Waals surface area contributed by atoms with Crippen LogP contribution in [0.15, 0.2) is 36.4 Å². The number of nitrogens with zero attached hydrogens (tertiary/aromatic N) is 2. The van der Waals surface area contributed by atoms with Crippen molar-refractivity contribution in [3.63, 3.8) is 0 Å². The molecule has 0 spiro atoms. The van der Waals surface area contributed by atoms with E-state index in [1.807, 2.05) is 20.8 Å². The third kappa shape index (κ3) is 4.09. The molecule has 2 aromatic rings. The van der Waals surface area contributed by atoms with E-state index < -0.39 is 40.5 Å². The van der Waals surface area contributed by atoms with Crippen LogP contribution in [-0.2, 0) is 5.41 Å². The smallest absolute Gasteiger partial charge is 0.407 e. The number of amides is 1. The molecule has 3 unspecified atom stereocenters. The molecule has 0 bridgehead atoms. The molecule has 0 radical (unpaired) electrons. The summed E-state index contributed by atoms with van der Waals surface area (Å²) >= 11 is 11.9. The van der Waals surface area contributed by atoms with Crippen LogP contribution in [0.1, 0.15) is 44.2 Å². The van der Waals surface area contributed by atoms with Gasteiger partial charge < -0.3 is 10.0 Å². The van der Waals surface area contributed by atoms with Crippen LogP contribution in [-0.4, -0.2) is 28.7 Å². The van der Waals surface area contributed by atoms with Crippen LogP contribution < -0.4 is 0 Å². The highest BCUT2D eigenvalue weighted by molar-refractivity contribution is 6.31. The molecule has 1 N–H and O–H groups in total. The first kappa shape index (κ1) is 23.3. The van der Waals surface area contributed by atoms with Crippen molar-refractivity contribution in [1.29, 1.82) is 5.26 Å². The SMILES string of the molecule is CC(C)(C)CC1N(C(=O)O)CC(c2cccc(Cl)c2F)C1(C#N)c1ccc(Cl)cc1F. The largest absolute Gasteiger partial charge is 0.465 e. The van der Waals surface area contributed by atoms with Crippen LogP contribution in [0.25, 0.3) is 0 Å². The van der Waals surface area contributed by atoms with Gasteiger partial charge in [0.2, 0.25) is 0 Å². The van der Waals surface area contributed by atoms with Gasteiger partial charge in [0.05, 0.1) is 17.1 Å². The van der Waals surface area contributed by atoms with Crippen LogP contribution in [0.3, 0.4) is 0 Å². The van der Waals surface area contributed by atoms with Gasteiger partial charge in [-0.15, -0.1) is 0 Å². The van der Waals surface area contributed by atoms with Gasteiger partial charge in [-0.2, -0.15) is 5.26 Å². The van der Waals surface area contributed by atoms with Crippen molar-refractivity contribution in [1.82, 2.24) is 4.90 Å². The Bertz CT molecular complexity index is 1060. The predicted molar refractivity (Wildman–Crippen MR) is 115 cm³/mol. The number of hydrogen-bond donors (Lipinski definition) is 1. The topological polar surface area (TPSA) is 64.3 Å². The summed E-state index contributed by atoms with van der Waals surface area (Å²) in [4.78, 5) is 13.3. The molecule has 1 aliphatic rings. The summed E-state index contributed by atoms with van der Waals surface area (Å²) < 4.78 is 30.3. The summed E-state index contributed by atoms with van der Waals surface area (Å²) in [6, 6.07) is 9.57. The fourth-order valence-corrected chi connectivity index (χ4v) is 4.89. The molecular weight excluding hydrogens is 445 g/mol. The van der Waals surface area contributed by atoms with E-state index in [-0.39, 0.29) is 34.1 Å². The monoisotopic (exact) mass is 466 g/mol. The molecule has 1 heterocycles. The summed E-state index contributed by atoms with van der Waals surface area (Å²) in [5.41, 5.74) is -2.02. The summed E-state index contributed by atoms with van der Waals surface area (Å²) in [6.07, 6.45) is -0.999. The van der Waals surface area contributed by atoms with Gasteiger partial charge in [0.15, 0.2) is 0 Å². The van der Waals surface area contributed by atoms with Crippen LogP contribution in [0, 0.1) is 28.4 Å². The van der Waals surface area contributed by atoms with Crippen LogP contribution in [0.4, 0.5) is 13.6 Å². The summed E-state index contributed by atoms with van der Waals surface area (Å²) in [6.45, 7) is 5.53. The van der Waals surface area contributed by atoms with Crippen molar-refractivity contribution < 1.29 is 18.7 Å². The first-order valence-electron chi connectivity index (χ1n) is 9.72. The van der Waals surface area contributed by atoms with E-state index in [1.165, 1.54) is 30.3 Å². The summed E-state index contributed by atoms with van der Waals surface area (Å²) in [5, 5.41) is 20.4. The van der Waals surface area contributed by atoms with Crippen LogP contribution >= 0.6 is 23.2 Å². The van der Waals surface area contributed by atoms with Crippen molar-refractivity contribution >= 4 is 29.3 Å². The second kappa shape index (κ2) is 8.29. The Balaban J connectivity index is 2.37. The van der Waals surface area contributed by atoms with E-state index in [1.54, 1.807) is 0 Å². The number of benzene rings is 2. The van der Waals surface area contributed by atoms with Crippen molar-refractivity contribution in [2.24, 2.45) is 5.41 Å². The molecule has 0 aliphatic carbocycles. The number of carboxylic acid groups (broad SMARTS) is 1. The van der Waals surface area contributed by atoms with Gasteiger partial charge in [-0.3, -0.25) is 0 Å². The highest BCUT2D eigenvalue weighted by atomic mass is 35.5. The number of hydrogen-bond acceptors (Lipinski definition) is 2. The molecular formula is C23H22Cl2F2N2O2. The second-order valence-corrected chi connectivity index (χ2v) is 9.86. The first-order chi connectivity index (χ1) is 14.4. The Morgan fingerprint density at radius 1 is 1.29 bits per heavy atom. The third-order valence-corrected chi connectivity index (χ3v) is 6.33. The molecule has 2 aromatic carbocycles. The van der Waals surface area contributed by atoms with Crippen molar-refractivity contribution in [3.8, 4) is 6.07 Å². The van der Waals surface area contributed by atoms with Gasteiger partial charge in [-0.1, -0.05) is 62.2 Å². The van der Waals surface area contributed by atoms with Gasteiger partial charge in [0, 0.05) is 23.0 Å². The average molecular weight is 467 g/mol. The van der Waals surface area contributed by atoms with Gasteiger partial charge in [0.25, 0.3) is 0 Å². The minimum absolute atomic E-state index is 0.0122. The van der Waals surface area contributed by atoms with E-state index in [4.69, 9.17) is 23.2 Å². The van der Waals surface area contributed by atoms with Crippen molar-refractivity contribution in [2.45, 2.75) is 44.6 Å². The highest BCUT2D eigenvalue weighted by Gasteiger charge is 2.60. The summed E-state index contributed by atoms with van der Waals surface area (Å²) in [7, 11) is 0. The quantitative estimate of drug-likeness (QED) is 0.552. The number of likely N-dealkylation sites (tertiary alicyclic amines) is 1. The molecule has 8 heteroatoms. The maximum Gasteiger partial charge on any atom is 0.407 e. The van der Waals surface area contributed by atoms with E-state index >= 15 is 8.78 Å². The normalized spacial score (nSPS) is 23.6. The van der Waals surface area contributed by atoms with Gasteiger partial charge >= 0.3 is 6.09 Å². The molecule has 164 valence electrons. The van der Waals surface area contributed by atoms with Crippen LogP contribution in [0.5, 0.6) is 0 Å². The lowest BCUT2D eigenvalue weighted by Gasteiger charge is -2.38. The fraction of sp³-hybridized carbons (Fsp3) is 0.391. The second-order valence-electron chi connectivity index (χ2n) is 9.02. The Morgan fingerprint density at radius 2 is 1.97 bits per heavy atom. The minimum atomic E-state index is -1.69. The van der Waals surface area contributed by atoms with Gasteiger partial charge in [-0.05, 0) is 35.6 Å². The molecule has 1 saturated heterocycles. The van der Waals surface area contributed by atoms with E-state index in [9.17, 15) is 15.2 Å². The van der Waals surface area contributed by atoms with Crippen LogP contribution in [0.2, 0.25) is 10.0 Å². The van der Waals surface area contributed by atoms with E-state index in [0.717, 1.165) is 11.0 Å². The fourth-order valence-electron chi connectivity index (χ4n) is 4.55. The maximum atomic E-state index is 15.2. The Hall–Kier alpha value is -2.36. The van der Waals surface area contributed by atoms with E-state index in [2.05, 4.69) is 6.07 Å². The number of halogens is 4. The zero-order valence-electron chi connectivity index (χ0n) is 17.3. The number of nitriles is 1. The zero-order chi connectivity index (χ0) is 23.1. The number of carbonyl (C=O) groups is 1. The molecule has 4 nitrogen and oxygen atoms in total. The Labute approximate surface area is 190 Å². The Kier molecular flexibility index (Phi) is 6.23. The first-order valence-corrected chi connectivity index (χ1v) is 10.5.